The lowest BCUT2D eigenvalue weighted by Gasteiger charge is -2.34. The molecule has 0 radical (unpaired) electrons. The number of anilines is 1. The molecule has 0 aliphatic carbocycles. The number of hydrogen-bond donors (Lipinski definition) is 1. The van der Waals surface area contributed by atoms with E-state index in [1.807, 2.05) is 4.90 Å². The van der Waals surface area contributed by atoms with Crippen LogP contribution in [0.3, 0.4) is 0 Å². The maximum absolute atomic E-state index is 11.6. The first-order valence-electron chi connectivity index (χ1n) is 6.50. The summed E-state index contributed by atoms with van der Waals surface area (Å²) >= 11 is 0. The predicted octanol–water partition coefficient (Wildman–Crippen LogP) is -0.405. The van der Waals surface area contributed by atoms with Crippen LogP contribution in [0.2, 0.25) is 0 Å². The molecule has 6 nitrogen and oxygen atoms in total. The average Bonchev–Trinajstić information content (AvgIpc) is 2.40. The fourth-order valence-corrected chi connectivity index (χ4v) is 2.26. The van der Waals surface area contributed by atoms with Crippen molar-refractivity contribution in [1.82, 2.24) is 14.4 Å². The van der Waals surface area contributed by atoms with Gasteiger partial charge in [0.15, 0.2) is 0 Å². The summed E-state index contributed by atoms with van der Waals surface area (Å²) in [5, 5.41) is 0. The molecule has 0 bridgehead atoms. The Morgan fingerprint density at radius 2 is 1.89 bits per heavy atom. The highest BCUT2D eigenvalue weighted by atomic mass is 16.2. The van der Waals surface area contributed by atoms with E-state index in [4.69, 9.17) is 5.73 Å². The predicted molar refractivity (Wildman–Crippen MR) is 73.8 cm³/mol. The summed E-state index contributed by atoms with van der Waals surface area (Å²) < 4.78 is 1.63. The number of nitrogen functional groups attached to an aromatic ring is 1. The van der Waals surface area contributed by atoms with E-state index >= 15 is 0 Å². The van der Waals surface area contributed by atoms with Crippen LogP contribution in [-0.4, -0.2) is 53.0 Å². The van der Waals surface area contributed by atoms with Gasteiger partial charge in [-0.2, -0.15) is 0 Å². The van der Waals surface area contributed by atoms with Crippen LogP contribution >= 0.6 is 0 Å². The van der Waals surface area contributed by atoms with Crippen LogP contribution in [0.5, 0.6) is 0 Å². The van der Waals surface area contributed by atoms with Gasteiger partial charge in [0, 0.05) is 64.1 Å². The van der Waals surface area contributed by atoms with Crippen LogP contribution in [0.1, 0.15) is 6.92 Å². The summed E-state index contributed by atoms with van der Waals surface area (Å²) in [4.78, 5) is 26.9. The van der Waals surface area contributed by atoms with Gasteiger partial charge in [0.2, 0.25) is 5.91 Å². The number of rotatable bonds is 3. The fourth-order valence-electron chi connectivity index (χ4n) is 2.26. The van der Waals surface area contributed by atoms with E-state index in [9.17, 15) is 9.59 Å². The number of nitrogens with zero attached hydrogens (tertiary/aromatic N) is 3. The molecule has 1 fully saturated rings. The molecule has 2 rings (SSSR count). The number of carbonyl (C=O) groups excluding carboxylic acids is 1. The van der Waals surface area contributed by atoms with Gasteiger partial charge in [-0.25, -0.2) is 0 Å². The van der Waals surface area contributed by atoms with E-state index in [-0.39, 0.29) is 11.5 Å². The molecule has 1 aliphatic heterocycles. The molecule has 0 unspecified atom stereocenters. The molecule has 0 aromatic carbocycles. The highest BCUT2D eigenvalue weighted by molar-refractivity contribution is 5.73. The van der Waals surface area contributed by atoms with Gasteiger partial charge in [-0.1, -0.05) is 0 Å². The lowest BCUT2D eigenvalue weighted by atomic mass is 10.3. The van der Waals surface area contributed by atoms with E-state index in [0.29, 0.717) is 12.2 Å². The van der Waals surface area contributed by atoms with Gasteiger partial charge >= 0.3 is 0 Å². The van der Waals surface area contributed by atoms with Crippen LogP contribution in [0.25, 0.3) is 0 Å². The first-order valence-corrected chi connectivity index (χ1v) is 6.50. The quantitative estimate of drug-likeness (QED) is 0.806. The molecular weight excluding hydrogens is 244 g/mol. The van der Waals surface area contributed by atoms with Crippen molar-refractivity contribution < 1.29 is 4.79 Å². The highest BCUT2D eigenvalue weighted by Crippen LogP contribution is 2.02. The Balaban J connectivity index is 1.85. The summed E-state index contributed by atoms with van der Waals surface area (Å²) in [7, 11) is 0. The van der Waals surface area contributed by atoms with Crippen molar-refractivity contribution in [2.45, 2.75) is 13.5 Å². The molecule has 1 aliphatic rings. The number of nitrogens with two attached hydrogens (primary N) is 1. The lowest BCUT2D eigenvalue weighted by Crippen LogP contribution is -2.48. The molecule has 0 atom stereocenters. The van der Waals surface area contributed by atoms with Crippen molar-refractivity contribution in [3.05, 3.63) is 28.7 Å². The van der Waals surface area contributed by atoms with Crippen molar-refractivity contribution >= 4 is 11.6 Å². The van der Waals surface area contributed by atoms with E-state index in [0.717, 1.165) is 32.7 Å². The average molecular weight is 264 g/mol. The van der Waals surface area contributed by atoms with Crippen LogP contribution < -0.4 is 11.3 Å². The molecular formula is C13H20N4O2. The smallest absolute Gasteiger partial charge is 0.250 e. The SMILES string of the molecule is CC(=O)N1CCN(CCn2cc(N)ccc2=O)CC1. The van der Waals surface area contributed by atoms with Crippen LogP contribution in [-0.2, 0) is 11.3 Å². The van der Waals surface area contributed by atoms with Crippen molar-refractivity contribution in [2.24, 2.45) is 0 Å². The Hall–Kier alpha value is -1.82. The number of carbonyl (C=O) groups is 1. The number of aromatic nitrogens is 1. The third-order valence-corrected chi connectivity index (χ3v) is 3.48. The van der Waals surface area contributed by atoms with Crippen molar-refractivity contribution in [2.75, 3.05) is 38.5 Å². The first kappa shape index (κ1) is 13.6. The number of pyridine rings is 1. The molecule has 0 saturated carbocycles. The van der Waals surface area contributed by atoms with Gasteiger partial charge in [0.05, 0.1) is 0 Å². The Kier molecular flexibility index (Phi) is 4.21. The Bertz CT molecular complexity index is 504. The van der Waals surface area contributed by atoms with E-state index in [1.165, 1.54) is 6.07 Å². The molecule has 2 N–H and O–H groups in total. The minimum Gasteiger partial charge on any atom is -0.398 e. The monoisotopic (exact) mass is 264 g/mol. The summed E-state index contributed by atoms with van der Waals surface area (Å²) in [6.07, 6.45) is 1.67. The Morgan fingerprint density at radius 1 is 1.21 bits per heavy atom. The maximum Gasteiger partial charge on any atom is 0.250 e. The normalized spacial score (nSPS) is 16.6. The summed E-state index contributed by atoms with van der Waals surface area (Å²) in [6.45, 7) is 6.27. The Morgan fingerprint density at radius 3 is 2.53 bits per heavy atom. The standard InChI is InChI=1S/C13H20N4O2/c1-11(18)16-7-4-15(5-8-16)6-9-17-10-12(14)2-3-13(17)19/h2-3,10H,4-9,14H2,1H3. The zero-order chi connectivity index (χ0) is 13.8. The summed E-state index contributed by atoms with van der Waals surface area (Å²) in [6, 6.07) is 3.10. The largest absolute Gasteiger partial charge is 0.398 e. The van der Waals surface area contributed by atoms with Crippen LogP contribution in [0.15, 0.2) is 23.1 Å². The van der Waals surface area contributed by atoms with Gasteiger partial charge in [0.25, 0.3) is 5.56 Å². The molecule has 1 aromatic rings. The topological polar surface area (TPSA) is 71.6 Å². The van der Waals surface area contributed by atoms with Crippen molar-refractivity contribution in [3.8, 4) is 0 Å². The van der Waals surface area contributed by atoms with Gasteiger partial charge in [-0.3, -0.25) is 14.5 Å². The maximum atomic E-state index is 11.6. The highest BCUT2D eigenvalue weighted by Gasteiger charge is 2.18. The third-order valence-electron chi connectivity index (χ3n) is 3.48. The molecule has 104 valence electrons. The summed E-state index contributed by atoms with van der Waals surface area (Å²) in [5.41, 5.74) is 6.24. The minimum absolute atomic E-state index is 0.0310. The zero-order valence-corrected chi connectivity index (χ0v) is 11.2. The molecule has 1 amide bonds. The van der Waals surface area contributed by atoms with Gasteiger partial charge < -0.3 is 15.2 Å². The van der Waals surface area contributed by atoms with Crippen molar-refractivity contribution in [1.29, 1.82) is 0 Å². The van der Waals surface area contributed by atoms with Crippen molar-refractivity contribution in [3.63, 3.8) is 0 Å². The van der Waals surface area contributed by atoms with Gasteiger partial charge in [-0.15, -0.1) is 0 Å². The number of hydrogen-bond acceptors (Lipinski definition) is 4. The Labute approximate surface area is 112 Å². The first-order chi connectivity index (χ1) is 9.06. The number of piperazine rings is 1. The van der Waals surface area contributed by atoms with E-state index in [1.54, 1.807) is 23.8 Å². The lowest BCUT2D eigenvalue weighted by molar-refractivity contribution is -0.130. The second-order valence-electron chi connectivity index (χ2n) is 4.84. The summed E-state index contributed by atoms with van der Waals surface area (Å²) in [5.74, 6) is 0.131. The van der Waals surface area contributed by atoms with Crippen LogP contribution in [0, 0.1) is 0 Å². The zero-order valence-electron chi connectivity index (χ0n) is 11.2. The molecule has 1 aromatic heterocycles. The van der Waals surface area contributed by atoms with Gasteiger partial charge in [0.1, 0.15) is 0 Å². The number of amides is 1. The minimum atomic E-state index is -0.0310. The second kappa shape index (κ2) is 5.88. The van der Waals surface area contributed by atoms with Gasteiger partial charge in [-0.05, 0) is 6.07 Å². The second-order valence-corrected chi connectivity index (χ2v) is 4.84. The van der Waals surface area contributed by atoms with E-state index < -0.39 is 0 Å². The third kappa shape index (κ3) is 3.57. The van der Waals surface area contributed by atoms with E-state index in [2.05, 4.69) is 4.90 Å². The molecule has 19 heavy (non-hydrogen) atoms. The molecule has 0 spiro atoms. The fraction of sp³-hybridized carbons (Fsp3) is 0.538. The molecule has 1 saturated heterocycles. The molecule has 6 heteroatoms. The van der Waals surface area contributed by atoms with Crippen LogP contribution in [0.4, 0.5) is 5.69 Å². The molecule has 2 heterocycles.